The van der Waals surface area contributed by atoms with Crippen LogP contribution in [0.4, 0.5) is 0 Å². The summed E-state index contributed by atoms with van der Waals surface area (Å²) in [6.45, 7) is 2.27. The summed E-state index contributed by atoms with van der Waals surface area (Å²) in [5.41, 5.74) is 1.93. The SMILES string of the molecule is CCCC(CBr)(CBr)CCc1ccsc1. The molecular weight excluding hydrogens is 336 g/mol. The molecule has 1 heterocycles. The molecule has 1 aromatic rings. The van der Waals surface area contributed by atoms with Gasteiger partial charge in [-0.05, 0) is 47.1 Å². The van der Waals surface area contributed by atoms with Gasteiger partial charge < -0.3 is 0 Å². The molecule has 0 nitrogen and oxygen atoms in total. The molecule has 0 aliphatic rings. The molecule has 0 saturated carbocycles. The summed E-state index contributed by atoms with van der Waals surface area (Å²) in [6, 6.07) is 2.24. The molecule has 15 heavy (non-hydrogen) atoms. The van der Waals surface area contributed by atoms with Crippen molar-refractivity contribution in [3.8, 4) is 0 Å². The number of hydrogen-bond acceptors (Lipinski definition) is 1. The van der Waals surface area contributed by atoms with Gasteiger partial charge >= 0.3 is 0 Å². The van der Waals surface area contributed by atoms with Crippen LogP contribution >= 0.6 is 43.2 Å². The van der Waals surface area contributed by atoms with Crippen LogP contribution < -0.4 is 0 Å². The molecule has 0 bridgehead atoms. The Balaban J connectivity index is 2.50. The van der Waals surface area contributed by atoms with Crippen molar-refractivity contribution in [2.45, 2.75) is 32.6 Å². The quantitative estimate of drug-likeness (QED) is 0.586. The number of rotatable bonds is 7. The van der Waals surface area contributed by atoms with Crippen molar-refractivity contribution in [2.75, 3.05) is 10.7 Å². The van der Waals surface area contributed by atoms with E-state index in [9.17, 15) is 0 Å². The Morgan fingerprint density at radius 3 is 2.47 bits per heavy atom. The van der Waals surface area contributed by atoms with Crippen molar-refractivity contribution >= 4 is 43.2 Å². The second-order valence-electron chi connectivity index (χ2n) is 4.15. The molecule has 0 radical (unpaired) electrons. The van der Waals surface area contributed by atoms with Crippen LogP contribution in [0.5, 0.6) is 0 Å². The summed E-state index contributed by atoms with van der Waals surface area (Å²) in [5.74, 6) is 0. The van der Waals surface area contributed by atoms with E-state index in [1.165, 1.54) is 31.2 Å². The third-order valence-electron chi connectivity index (χ3n) is 2.87. The fourth-order valence-corrected chi connectivity index (χ4v) is 4.56. The van der Waals surface area contributed by atoms with Crippen LogP contribution in [-0.4, -0.2) is 10.7 Å². The fraction of sp³-hybridized carbons (Fsp3) is 0.667. The van der Waals surface area contributed by atoms with E-state index in [2.05, 4.69) is 55.6 Å². The average molecular weight is 354 g/mol. The van der Waals surface area contributed by atoms with Gasteiger partial charge in [-0.2, -0.15) is 11.3 Å². The van der Waals surface area contributed by atoms with Crippen molar-refractivity contribution in [1.29, 1.82) is 0 Å². The largest absolute Gasteiger partial charge is 0.152 e. The van der Waals surface area contributed by atoms with Crippen molar-refractivity contribution in [1.82, 2.24) is 0 Å². The summed E-state index contributed by atoms with van der Waals surface area (Å²) in [6.07, 6.45) is 5.04. The van der Waals surface area contributed by atoms with Gasteiger partial charge in [-0.15, -0.1) is 0 Å². The van der Waals surface area contributed by atoms with E-state index in [0.29, 0.717) is 5.41 Å². The van der Waals surface area contributed by atoms with Crippen molar-refractivity contribution in [2.24, 2.45) is 5.41 Å². The topological polar surface area (TPSA) is 0 Å². The van der Waals surface area contributed by atoms with Crippen LogP contribution in [0.25, 0.3) is 0 Å². The number of halogens is 2. The van der Waals surface area contributed by atoms with Crippen LogP contribution in [0.3, 0.4) is 0 Å². The lowest BCUT2D eigenvalue weighted by molar-refractivity contribution is 0.326. The van der Waals surface area contributed by atoms with E-state index in [-0.39, 0.29) is 0 Å². The lowest BCUT2D eigenvalue weighted by Gasteiger charge is -2.29. The Morgan fingerprint density at radius 1 is 1.27 bits per heavy atom. The van der Waals surface area contributed by atoms with E-state index in [1.54, 1.807) is 11.3 Å². The molecule has 1 rings (SSSR count). The molecule has 3 heteroatoms. The van der Waals surface area contributed by atoms with E-state index in [4.69, 9.17) is 0 Å². The molecule has 0 spiro atoms. The third kappa shape index (κ3) is 4.20. The van der Waals surface area contributed by atoms with Crippen LogP contribution in [0, 0.1) is 5.41 Å². The summed E-state index contributed by atoms with van der Waals surface area (Å²) in [4.78, 5) is 0. The highest BCUT2D eigenvalue weighted by atomic mass is 79.9. The maximum absolute atomic E-state index is 3.67. The second-order valence-corrected chi connectivity index (χ2v) is 6.05. The monoisotopic (exact) mass is 352 g/mol. The smallest absolute Gasteiger partial charge is 0.00960 e. The molecule has 0 aliphatic carbocycles. The van der Waals surface area contributed by atoms with Crippen molar-refractivity contribution in [3.05, 3.63) is 22.4 Å². The van der Waals surface area contributed by atoms with Gasteiger partial charge in [-0.25, -0.2) is 0 Å². The maximum Gasteiger partial charge on any atom is 0.00960 e. The number of hydrogen-bond donors (Lipinski definition) is 0. The lowest BCUT2D eigenvalue weighted by atomic mass is 9.82. The summed E-state index contributed by atoms with van der Waals surface area (Å²) < 4.78 is 0. The van der Waals surface area contributed by atoms with Crippen LogP contribution in [-0.2, 0) is 6.42 Å². The Morgan fingerprint density at radius 2 is 2.00 bits per heavy atom. The van der Waals surface area contributed by atoms with E-state index in [0.717, 1.165) is 10.7 Å². The minimum absolute atomic E-state index is 0.441. The lowest BCUT2D eigenvalue weighted by Crippen LogP contribution is -2.25. The molecule has 86 valence electrons. The maximum atomic E-state index is 3.67. The van der Waals surface area contributed by atoms with Gasteiger partial charge in [-0.3, -0.25) is 0 Å². The highest BCUT2D eigenvalue weighted by Crippen LogP contribution is 2.34. The first-order chi connectivity index (χ1) is 7.26. The number of thiophene rings is 1. The molecule has 0 unspecified atom stereocenters. The highest BCUT2D eigenvalue weighted by Gasteiger charge is 2.26. The van der Waals surface area contributed by atoms with Gasteiger partial charge in [-0.1, -0.05) is 45.2 Å². The molecule has 0 saturated heterocycles. The Labute approximate surface area is 114 Å². The third-order valence-corrected chi connectivity index (χ3v) is 5.98. The average Bonchev–Trinajstić information content (AvgIpc) is 2.77. The summed E-state index contributed by atoms with van der Waals surface area (Å²) >= 11 is 9.14. The van der Waals surface area contributed by atoms with Crippen LogP contribution in [0.1, 0.15) is 31.7 Å². The molecule has 1 aromatic heterocycles. The second kappa shape index (κ2) is 7.08. The Bertz CT molecular complexity index is 253. The van der Waals surface area contributed by atoms with Crippen molar-refractivity contribution < 1.29 is 0 Å². The Hall–Kier alpha value is 0.660. The van der Waals surface area contributed by atoms with Crippen molar-refractivity contribution in [3.63, 3.8) is 0 Å². The van der Waals surface area contributed by atoms with E-state index in [1.807, 2.05) is 0 Å². The normalized spacial score (nSPS) is 11.9. The zero-order valence-corrected chi connectivity index (χ0v) is 13.1. The van der Waals surface area contributed by atoms with E-state index >= 15 is 0 Å². The summed E-state index contributed by atoms with van der Waals surface area (Å²) in [7, 11) is 0. The first-order valence-electron chi connectivity index (χ1n) is 5.39. The molecule has 0 aliphatic heterocycles. The molecule has 0 N–H and O–H groups in total. The molecule has 0 amide bonds. The zero-order valence-electron chi connectivity index (χ0n) is 9.14. The van der Waals surface area contributed by atoms with Gasteiger partial charge in [0, 0.05) is 10.7 Å². The standard InChI is InChI=1S/C12H18Br2S/c1-2-5-12(9-13,10-14)6-3-11-4-7-15-8-11/h4,7-8H,2-3,5-6,9-10H2,1H3. The molecule has 0 fully saturated rings. The number of alkyl halides is 2. The minimum Gasteiger partial charge on any atom is -0.152 e. The highest BCUT2D eigenvalue weighted by molar-refractivity contribution is 9.09. The van der Waals surface area contributed by atoms with Gasteiger partial charge in [0.15, 0.2) is 0 Å². The molecule has 0 atom stereocenters. The first-order valence-corrected chi connectivity index (χ1v) is 8.58. The summed E-state index contributed by atoms with van der Waals surface area (Å²) in [5, 5.41) is 6.63. The van der Waals surface area contributed by atoms with E-state index < -0.39 is 0 Å². The van der Waals surface area contributed by atoms with Crippen LogP contribution in [0.15, 0.2) is 16.8 Å². The fourth-order valence-electron chi connectivity index (χ4n) is 1.80. The first kappa shape index (κ1) is 13.7. The molecular formula is C12H18Br2S. The van der Waals surface area contributed by atoms with Gasteiger partial charge in [0.05, 0.1) is 0 Å². The Kier molecular flexibility index (Phi) is 6.48. The zero-order chi connectivity index (χ0) is 11.1. The van der Waals surface area contributed by atoms with Gasteiger partial charge in [0.25, 0.3) is 0 Å². The minimum atomic E-state index is 0.441. The predicted molar refractivity (Wildman–Crippen MR) is 77.6 cm³/mol. The predicted octanol–water partition coefficient (Wildman–Crippen LogP) is 5.26. The van der Waals surface area contributed by atoms with Gasteiger partial charge in [0.2, 0.25) is 0 Å². The van der Waals surface area contributed by atoms with Gasteiger partial charge in [0.1, 0.15) is 0 Å². The van der Waals surface area contributed by atoms with Crippen LogP contribution in [0.2, 0.25) is 0 Å². The number of aryl methyl sites for hydroxylation is 1. The molecule has 0 aromatic carbocycles.